The zero-order valence-corrected chi connectivity index (χ0v) is 10.2. The standard InChI is InChI=1S/C14H20N2/c1-3-12(2)14-6-4-13(5-7-14)8-10-16-11-9-15/h4-7,12,16H,3,8,10-11H2,1-2H3. The summed E-state index contributed by atoms with van der Waals surface area (Å²) in [5.74, 6) is 0.644. The second kappa shape index (κ2) is 7.03. The Morgan fingerprint density at radius 2 is 2.00 bits per heavy atom. The van der Waals surface area contributed by atoms with Gasteiger partial charge >= 0.3 is 0 Å². The van der Waals surface area contributed by atoms with E-state index in [1.54, 1.807) is 0 Å². The Bertz CT molecular complexity index is 335. The van der Waals surface area contributed by atoms with Crippen LogP contribution in [0.1, 0.15) is 37.3 Å². The van der Waals surface area contributed by atoms with Crippen molar-refractivity contribution in [3.05, 3.63) is 35.4 Å². The first-order valence-corrected chi connectivity index (χ1v) is 5.94. The topological polar surface area (TPSA) is 35.8 Å². The van der Waals surface area contributed by atoms with Gasteiger partial charge in [-0.05, 0) is 29.9 Å². The number of nitrogens with one attached hydrogen (secondary N) is 1. The Hall–Kier alpha value is -1.33. The van der Waals surface area contributed by atoms with E-state index in [4.69, 9.17) is 5.26 Å². The minimum Gasteiger partial charge on any atom is -0.304 e. The van der Waals surface area contributed by atoms with Crippen LogP contribution in [0.4, 0.5) is 0 Å². The first-order chi connectivity index (χ1) is 7.77. The number of rotatable bonds is 6. The number of nitriles is 1. The molecule has 86 valence electrons. The van der Waals surface area contributed by atoms with Gasteiger partial charge in [0, 0.05) is 6.54 Å². The van der Waals surface area contributed by atoms with Crippen molar-refractivity contribution < 1.29 is 0 Å². The van der Waals surface area contributed by atoms with E-state index in [1.165, 1.54) is 17.5 Å². The zero-order valence-electron chi connectivity index (χ0n) is 10.2. The molecule has 0 spiro atoms. The van der Waals surface area contributed by atoms with Gasteiger partial charge in [-0.3, -0.25) is 0 Å². The van der Waals surface area contributed by atoms with Crippen molar-refractivity contribution in [3.8, 4) is 6.07 Å². The van der Waals surface area contributed by atoms with Gasteiger partial charge < -0.3 is 5.32 Å². The molecule has 1 aromatic carbocycles. The van der Waals surface area contributed by atoms with Crippen LogP contribution in [0, 0.1) is 11.3 Å². The maximum absolute atomic E-state index is 8.38. The van der Waals surface area contributed by atoms with Crippen LogP contribution >= 0.6 is 0 Å². The molecule has 0 aliphatic heterocycles. The van der Waals surface area contributed by atoms with E-state index in [2.05, 4.69) is 49.5 Å². The molecule has 16 heavy (non-hydrogen) atoms. The summed E-state index contributed by atoms with van der Waals surface area (Å²) >= 11 is 0. The molecule has 1 atom stereocenters. The lowest BCUT2D eigenvalue weighted by Gasteiger charge is -2.09. The highest BCUT2D eigenvalue weighted by Crippen LogP contribution is 2.18. The van der Waals surface area contributed by atoms with Crippen LogP contribution in [0.5, 0.6) is 0 Å². The van der Waals surface area contributed by atoms with E-state index >= 15 is 0 Å². The van der Waals surface area contributed by atoms with Crippen LogP contribution in [-0.4, -0.2) is 13.1 Å². The molecule has 0 heterocycles. The molecule has 2 nitrogen and oxygen atoms in total. The third-order valence-corrected chi connectivity index (χ3v) is 2.96. The van der Waals surface area contributed by atoms with Gasteiger partial charge in [-0.1, -0.05) is 38.1 Å². The van der Waals surface area contributed by atoms with E-state index < -0.39 is 0 Å². The fraction of sp³-hybridized carbons (Fsp3) is 0.500. The van der Waals surface area contributed by atoms with Crippen LogP contribution in [0.3, 0.4) is 0 Å². The Morgan fingerprint density at radius 3 is 2.56 bits per heavy atom. The molecule has 0 aliphatic carbocycles. The molecule has 1 unspecified atom stereocenters. The Morgan fingerprint density at radius 1 is 1.31 bits per heavy atom. The molecule has 0 saturated carbocycles. The first-order valence-electron chi connectivity index (χ1n) is 5.94. The average Bonchev–Trinajstić information content (AvgIpc) is 2.34. The monoisotopic (exact) mass is 216 g/mol. The highest BCUT2D eigenvalue weighted by Gasteiger charge is 2.01. The number of hydrogen-bond acceptors (Lipinski definition) is 2. The van der Waals surface area contributed by atoms with Crippen molar-refractivity contribution in [2.24, 2.45) is 0 Å². The van der Waals surface area contributed by atoms with Crippen molar-refractivity contribution in [2.45, 2.75) is 32.6 Å². The van der Waals surface area contributed by atoms with Crippen LogP contribution in [-0.2, 0) is 6.42 Å². The first kappa shape index (κ1) is 12.7. The molecule has 0 bridgehead atoms. The Labute approximate surface area is 98.3 Å². The summed E-state index contributed by atoms with van der Waals surface area (Å²) in [5, 5.41) is 11.4. The van der Waals surface area contributed by atoms with Gasteiger partial charge in [0.25, 0.3) is 0 Å². The molecule has 0 aliphatic rings. The van der Waals surface area contributed by atoms with Crippen LogP contribution in [0.25, 0.3) is 0 Å². The summed E-state index contributed by atoms with van der Waals surface area (Å²) in [6, 6.07) is 10.9. The van der Waals surface area contributed by atoms with E-state index in [0.29, 0.717) is 12.5 Å². The second-order valence-corrected chi connectivity index (χ2v) is 4.14. The van der Waals surface area contributed by atoms with Crippen molar-refractivity contribution in [1.29, 1.82) is 5.26 Å². The fourth-order valence-corrected chi connectivity index (χ4v) is 1.63. The van der Waals surface area contributed by atoms with Gasteiger partial charge in [0.15, 0.2) is 0 Å². The molecule has 1 rings (SSSR count). The lowest BCUT2D eigenvalue weighted by Crippen LogP contribution is -2.17. The summed E-state index contributed by atoms with van der Waals surface area (Å²) < 4.78 is 0. The van der Waals surface area contributed by atoms with Crippen LogP contribution in [0.2, 0.25) is 0 Å². The summed E-state index contributed by atoms with van der Waals surface area (Å²) in [5.41, 5.74) is 2.74. The van der Waals surface area contributed by atoms with Crippen LogP contribution < -0.4 is 5.32 Å². The molecule has 0 radical (unpaired) electrons. The van der Waals surface area contributed by atoms with E-state index in [0.717, 1.165) is 13.0 Å². The molecule has 1 aromatic rings. The molecule has 0 amide bonds. The largest absolute Gasteiger partial charge is 0.304 e. The van der Waals surface area contributed by atoms with Gasteiger partial charge in [0.05, 0.1) is 12.6 Å². The van der Waals surface area contributed by atoms with Crippen molar-refractivity contribution in [1.82, 2.24) is 5.32 Å². The molecule has 0 fully saturated rings. The molecule has 1 N–H and O–H groups in total. The molecular formula is C14H20N2. The third-order valence-electron chi connectivity index (χ3n) is 2.96. The lowest BCUT2D eigenvalue weighted by molar-refractivity contribution is 0.729. The van der Waals surface area contributed by atoms with E-state index in [9.17, 15) is 0 Å². The molecule has 2 heteroatoms. The fourth-order valence-electron chi connectivity index (χ4n) is 1.63. The van der Waals surface area contributed by atoms with Crippen molar-refractivity contribution >= 4 is 0 Å². The minimum atomic E-state index is 0.435. The maximum atomic E-state index is 8.38. The molecule has 0 saturated heterocycles. The SMILES string of the molecule is CCC(C)c1ccc(CCNCC#N)cc1. The van der Waals surface area contributed by atoms with E-state index in [1.807, 2.05) is 0 Å². The quantitative estimate of drug-likeness (QED) is 0.586. The number of benzene rings is 1. The second-order valence-electron chi connectivity index (χ2n) is 4.14. The Kier molecular flexibility index (Phi) is 5.60. The summed E-state index contributed by atoms with van der Waals surface area (Å²) in [4.78, 5) is 0. The zero-order chi connectivity index (χ0) is 11.8. The summed E-state index contributed by atoms with van der Waals surface area (Å²) in [7, 11) is 0. The summed E-state index contributed by atoms with van der Waals surface area (Å²) in [6.45, 7) is 5.77. The molecule has 0 aromatic heterocycles. The normalized spacial score (nSPS) is 12.1. The highest BCUT2D eigenvalue weighted by atomic mass is 14.8. The highest BCUT2D eigenvalue weighted by molar-refractivity contribution is 5.25. The third kappa shape index (κ3) is 4.04. The number of nitrogens with zero attached hydrogens (tertiary/aromatic N) is 1. The summed E-state index contributed by atoms with van der Waals surface area (Å²) in [6.07, 6.45) is 2.17. The minimum absolute atomic E-state index is 0.435. The average molecular weight is 216 g/mol. The van der Waals surface area contributed by atoms with Gasteiger partial charge in [0.2, 0.25) is 0 Å². The van der Waals surface area contributed by atoms with Crippen LogP contribution in [0.15, 0.2) is 24.3 Å². The van der Waals surface area contributed by atoms with Crippen molar-refractivity contribution in [2.75, 3.05) is 13.1 Å². The van der Waals surface area contributed by atoms with E-state index in [-0.39, 0.29) is 0 Å². The van der Waals surface area contributed by atoms with Gasteiger partial charge in [-0.15, -0.1) is 0 Å². The number of hydrogen-bond donors (Lipinski definition) is 1. The lowest BCUT2D eigenvalue weighted by atomic mass is 9.97. The Balaban J connectivity index is 2.43. The predicted octanol–water partition coefficient (Wildman–Crippen LogP) is 2.86. The van der Waals surface area contributed by atoms with Gasteiger partial charge in [-0.2, -0.15) is 5.26 Å². The maximum Gasteiger partial charge on any atom is 0.0841 e. The van der Waals surface area contributed by atoms with Gasteiger partial charge in [-0.25, -0.2) is 0 Å². The molecular weight excluding hydrogens is 196 g/mol. The smallest absolute Gasteiger partial charge is 0.0841 e. The van der Waals surface area contributed by atoms with Crippen molar-refractivity contribution in [3.63, 3.8) is 0 Å². The van der Waals surface area contributed by atoms with Gasteiger partial charge in [0.1, 0.15) is 0 Å². The predicted molar refractivity (Wildman–Crippen MR) is 67.3 cm³/mol.